The van der Waals surface area contributed by atoms with Crippen LogP contribution in [-0.2, 0) is 82.0 Å². The monoisotopic (exact) mass is 1330 g/mol. The van der Waals surface area contributed by atoms with Gasteiger partial charge >= 0.3 is 27.8 Å². The molecule has 0 aliphatic heterocycles. The molecule has 87 heavy (non-hydrogen) atoms. The number of carbonyl (C=O) groups is 2. The third-order valence-electron chi connectivity index (χ3n) is 14.9. The molecule has 3 atom stereocenters. The number of phosphoric acid groups is 1. The first-order chi connectivity index (χ1) is 39.5. The molecule has 3 aromatic carbocycles. The third kappa shape index (κ3) is 13.7. The second-order valence-corrected chi connectivity index (χ2v) is 30.1. The molecule has 1 saturated carbocycles. The average Bonchev–Trinajstić information content (AvgIpc) is 1.51. The highest BCUT2D eigenvalue weighted by molar-refractivity contribution is 7.93. The quantitative estimate of drug-likeness (QED) is 0.0270. The fraction of sp³-hybridized carbons (Fsp3) is 0.404. The zero-order chi connectivity index (χ0) is 65.2. The number of allylic oxidation sites excluding steroid dienone is 1. The molecule has 472 valence electrons. The smallest absolute Gasteiger partial charge is 0.404 e. The number of rotatable bonds is 20. The Hall–Kier alpha value is -6.24. The van der Waals surface area contributed by atoms with Crippen molar-refractivity contribution in [2.24, 2.45) is 5.92 Å². The number of amides is 2. The van der Waals surface area contributed by atoms with E-state index < -0.39 is 192 Å². The molecular weight excluding hydrogens is 1280 g/mol. The molecule has 6 aromatic rings. The minimum Gasteiger partial charge on any atom is -0.404 e. The van der Waals surface area contributed by atoms with Crippen LogP contribution < -0.4 is 19.5 Å². The molecule has 1 fully saturated rings. The highest BCUT2D eigenvalue weighted by Crippen LogP contribution is 2.71. The van der Waals surface area contributed by atoms with Crippen LogP contribution >= 0.6 is 27.0 Å². The van der Waals surface area contributed by atoms with Gasteiger partial charge < -0.3 is 19.6 Å². The lowest BCUT2D eigenvalue weighted by Crippen LogP contribution is -2.40. The van der Waals surface area contributed by atoms with Crippen LogP contribution in [0.1, 0.15) is 97.5 Å². The first-order valence-corrected chi connectivity index (χ1v) is 32.7. The van der Waals surface area contributed by atoms with Crippen molar-refractivity contribution in [1.82, 2.24) is 29.9 Å². The number of aryl methyl sites for hydroxylation is 2. The van der Waals surface area contributed by atoms with Crippen LogP contribution in [0.3, 0.4) is 0 Å². The van der Waals surface area contributed by atoms with E-state index in [4.69, 9.17) is 21.1 Å². The number of aromatic nitrogens is 5. The van der Waals surface area contributed by atoms with Crippen LogP contribution in [0.2, 0.25) is 5.02 Å². The van der Waals surface area contributed by atoms with Crippen molar-refractivity contribution in [2.75, 3.05) is 16.8 Å². The summed E-state index contributed by atoms with van der Waals surface area (Å²) in [4.78, 5) is 73.3. The predicted octanol–water partition coefficient (Wildman–Crippen LogP) is 9.28. The summed E-state index contributed by atoms with van der Waals surface area (Å²) in [6.07, 6.45) is -11.4. The van der Waals surface area contributed by atoms with Gasteiger partial charge in [-0.05, 0) is 87.6 Å². The Labute approximate surface area is 493 Å². The second-order valence-electron chi connectivity index (χ2n) is 22.4. The van der Waals surface area contributed by atoms with E-state index in [-0.39, 0.29) is 60.0 Å². The summed E-state index contributed by atoms with van der Waals surface area (Å²) < 4.78 is 232. The highest BCUT2D eigenvalue weighted by atomic mass is 35.5. The predicted molar refractivity (Wildman–Crippen MR) is 294 cm³/mol. The lowest BCUT2D eigenvalue weighted by Gasteiger charge is -2.31. The minimum atomic E-state index is -5.57. The Morgan fingerprint density at radius 1 is 0.897 bits per heavy atom. The number of pyridine rings is 1. The van der Waals surface area contributed by atoms with Gasteiger partial charge in [0.1, 0.15) is 36.2 Å². The average molecular weight is 1330 g/mol. The van der Waals surface area contributed by atoms with Gasteiger partial charge in [0.2, 0.25) is 21.8 Å². The molecule has 0 unspecified atom stereocenters. The SMILES string of the molecule is C=C1[C@@H]2c3c(C(F)(F)F)nn(CC(=O)N[C@@H](Cc4cc(F)cc(F)c4)c4nc(CCC(C)(C)S(C)(=O)=O)ccc4-c4ccc(Cl)c5c(N(C(=O)CC(C)(C)c6c(C)cc(P(=O)(O)O)cc6OP(=O)(O)O)S(C)(=O)=O)nn(CC(F)(F)F)c45)c3C(F)(F)[C@H]12. The van der Waals surface area contributed by atoms with E-state index in [9.17, 15) is 81.5 Å². The third-order valence-corrected chi connectivity index (χ3v) is 19.8. The Morgan fingerprint density at radius 3 is 2.06 bits per heavy atom. The van der Waals surface area contributed by atoms with Crippen molar-refractivity contribution >= 4 is 80.7 Å². The molecule has 3 aromatic heterocycles. The number of hydrogen-bond donors (Lipinski definition) is 5. The largest absolute Gasteiger partial charge is 0.524 e. The fourth-order valence-electron chi connectivity index (χ4n) is 10.9. The van der Waals surface area contributed by atoms with E-state index in [2.05, 4.69) is 22.1 Å². The summed E-state index contributed by atoms with van der Waals surface area (Å²) in [6, 6.07) is 6.15. The molecule has 0 spiro atoms. The van der Waals surface area contributed by atoms with E-state index in [1.165, 1.54) is 46.8 Å². The lowest BCUT2D eigenvalue weighted by atomic mass is 9.78. The van der Waals surface area contributed by atoms with Crippen molar-refractivity contribution in [1.29, 1.82) is 0 Å². The van der Waals surface area contributed by atoms with Crippen LogP contribution in [-0.4, -0.2) is 96.2 Å². The maximum absolute atomic E-state index is 15.9. The highest BCUT2D eigenvalue weighted by Gasteiger charge is 2.71. The van der Waals surface area contributed by atoms with E-state index in [0.717, 1.165) is 36.6 Å². The van der Waals surface area contributed by atoms with Gasteiger partial charge in [-0.25, -0.2) is 30.2 Å². The molecule has 0 radical (unpaired) electrons. The van der Waals surface area contributed by atoms with Gasteiger partial charge in [-0.2, -0.15) is 49.6 Å². The summed E-state index contributed by atoms with van der Waals surface area (Å²) in [5.41, 5.74) is -8.77. The molecule has 2 amide bonds. The first kappa shape index (κ1) is 66.7. The Balaban J connectivity index is 1.34. The summed E-state index contributed by atoms with van der Waals surface area (Å²) in [6.45, 7) is 6.35. The number of nitrogens with zero attached hydrogens (tertiary/aromatic N) is 6. The fourth-order valence-corrected chi connectivity index (χ4v) is 13.5. The zero-order valence-electron chi connectivity index (χ0n) is 46.4. The maximum Gasteiger partial charge on any atom is 0.524 e. The number of sulfonamides is 1. The molecule has 3 heterocycles. The number of halogens is 11. The van der Waals surface area contributed by atoms with E-state index in [1.807, 2.05) is 0 Å². The molecule has 0 saturated heterocycles. The summed E-state index contributed by atoms with van der Waals surface area (Å²) in [5.74, 6) is -14.5. The van der Waals surface area contributed by atoms with Crippen LogP contribution in [0, 0.1) is 24.5 Å². The number of benzene rings is 3. The van der Waals surface area contributed by atoms with Crippen molar-refractivity contribution in [3.63, 3.8) is 0 Å². The molecule has 35 heteroatoms. The molecule has 20 nitrogen and oxygen atoms in total. The van der Waals surface area contributed by atoms with Crippen molar-refractivity contribution in [3.8, 4) is 16.9 Å². The van der Waals surface area contributed by atoms with Crippen molar-refractivity contribution in [2.45, 2.75) is 114 Å². The normalized spacial score (nSPS) is 16.9. The number of hydrogen-bond acceptors (Lipinski definition) is 12. The first-order valence-electron chi connectivity index (χ1n) is 25.5. The maximum atomic E-state index is 15.9. The van der Waals surface area contributed by atoms with Gasteiger partial charge in [0, 0.05) is 58.0 Å². The summed E-state index contributed by atoms with van der Waals surface area (Å²) in [7, 11) is -19.7. The molecule has 8 rings (SSSR count). The number of phosphoric ester groups is 1. The summed E-state index contributed by atoms with van der Waals surface area (Å²) >= 11 is 6.78. The van der Waals surface area contributed by atoms with Gasteiger partial charge in [0.05, 0.1) is 49.9 Å². The number of carbonyl (C=O) groups excluding carboxylic acids is 2. The standard InChI is InChI=1S/C52H52ClF10N7O13P2S2/c1-24-15-30(84(73,74)75)20-35(83-85(76,77)78)41(24)48(3,4)21-37(72)70(87(8,81)82)47-39-33(53)12-11-32(44(39)69(67-47)23-50(56,57)58)31-10-9-29(13-14-49(5,6)86(7,79)80)64-43(31)34(18-26-16-27(54)19-28(55)17-26)65-36(71)22-68-46-40(45(66-68)52(61,62)63)38-25(2)42(38)51(46,59)60/h9-12,15-17,19-20,34,38,42H,2,13-14,18,21-23H2,1,3-8H3,(H,65,71)(H2,73,74,75)(H2,76,77,78)/t34-,38+,42+/m0/s1. The van der Waals surface area contributed by atoms with Gasteiger partial charge in [-0.1, -0.05) is 49.7 Å². The molecule has 2 aliphatic carbocycles. The zero-order valence-corrected chi connectivity index (χ0v) is 50.6. The Kier molecular flexibility index (Phi) is 17.1. The molecular formula is C52H52ClF10N7O13P2S2. The van der Waals surface area contributed by atoms with Gasteiger partial charge in [0.25, 0.3) is 5.92 Å². The Morgan fingerprint density at radius 2 is 1.51 bits per heavy atom. The molecule has 5 N–H and O–H groups in total. The van der Waals surface area contributed by atoms with Gasteiger partial charge in [0.15, 0.2) is 21.3 Å². The van der Waals surface area contributed by atoms with Crippen LogP contribution in [0.4, 0.5) is 49.7 Å². The van der Waals surface area contributed by atoms with Gasteiger partial charge in [-0.15, -0.1) is 0 Å². The van der Waals surface area contributed by atoms with Crippen LogP contribution in [0.15, 0.2) is 66.7 Å². The van der Waals surface area contributed by atoms with E-state index in [0.29, 0.717) is 18.4 Å². The minimum absolute atomic E-state index is 0.0268. The molecule has 0 bridgehead atoms. The summed E-state index contributed by atoms with van der Waals surface area (Å²) in [5, 5.41) is 7.72. The second kappa shape index (κ2) is 22.4. The van der Waals surface area contributed by atoms with Crippen LogP contribution in [0.5, 0.6) is 5.75 Å². The number of sulfone groups is 1. The number of fused-ring (bicyclic) bond motifs is 4. The van der Waals surface area contributed by atoms with Crippen molar-refractivity contribution in [3.05, 3.63) is 128 Å². The topological polar surface area (TPSA) is 291 Å². The van der Waals surface area contributed by atoms with Crippen LogP contribution in [0.25, 0.3) is 22.0 Å². The molecule has 2 aliphatic rings. The van der Waals surface area contributed by atoms with Crippen molar-refractivity contribution < 1.29 is 104 Å². The lowest BCUT2D eigenvalue weighted by molar-refractivity contribution is -0.143. The number of nitrogens with one attached hydrogen (secondary N) is 1. The van der Waals surface area contributed by atoms with E-state index in [1.54, 1.807) is 0 Å². The Bertz CT molecular complexity index is 4180. The number of anilines is 1. The number of alkyl halides is 8. The van der Waals surface area contributed by atoms with E-state index >= 15 is 17.6 Å². The van der Waals surface area contributed by atoms with Gasteiger partial charge in [-0.3, -0.25) is 38.3 Å².